The van der Waals surface area contributed by atoms with E-state index < -0.39 is 0 Å². The van der Waals surface area contributed by atoms with Crippen molar-refractivity contribution in [3.8, 4) is 0 Å². The Morgan fingerprint density at radius 3 is 1.40 bits per heavy atom. The predicted octanol–water partition coefficient (Wildman–Crippen LogP) is 7.51. The van der Waals surface area contributed by atoms with Gasteiger partial charge < -0.3 is 9.69 Å². The molecule has 0 bridgehead atoms. The third kappa shape index (κ3) is 14.2. The van der Waals surface area contributed by atoms with E-state index in [1.54, 1.807) is 0 Å². The molecule has 0 amide bonds. The Balaban J connectivity index is 3.59. The zero-order valence-corrected chi connectivity index (χ0v) is 18.3. The van der Waals surface area contributed by atoms with Crippen molar-refractivity contribution in [3.63, 3.8) is 0 Å². The molecular formula is C22H40N2S. The Morgan fingerprint density at radius 2 is 1.08 bits per heavy atom. The van der Waals surface area contributed by atoms with Crippen molar-refractivity contribution in [3.05, 3.63) is 22.8 Å². The standard InChI is InChI=1S/C22H40N2S/c1-19(11-9-15-21(3,4)23-7)13-17-25-18-14-20(2)12-10-16-22(5,6)24-8/h19-20H,9-18H2,1-6H3. The molecule has 0 aliphatic heterocycles. The van der Waals surface area contributed by atoms with Gasteiger partial charge in [0.05, 0.1) is 0 Å². The van der Waals surface area contributed by atoms with Crippen LogP contribution in [0.5, 0.6) is 0 Å². The van der Waals surface area contributed by atoms with Gasteiger partial charge in [0.15, 0.2) is 0 Å². The molecule has 0 N–H and O–H groups in total. The van der Waals surface area contributed by atoms with Crippen LogP contribution in [-0.2, 0) is 0 Å². The minimum Gasteiger partial charge on any atom is -0.311 e. The largest absolute Gasteiger partial charge is 0.311 e. The highest BCUT2D eigenvalue weighted by Gasteiger charge is 2.22. The highest BCUT2D eigenvalue weighted by Crippen LogP contribution is 2.24. The molecule has 25 heavy (non-hydrogen) atoms. The minimum atomic E-state index is -0.172. The van der Waals surface area contributed by atoms with Crippen LogP contribution in [0.2, 0.25) is 0 Å². The first kappa shape index (κ1) is 24.3. The van der Waals surface area contributed by atoms with Gasteiger partial charge in [-0.1, -0.05) is 26.7 Å². The molecule has 0 radical (unpaired) electrons. The number of hydrogen-bond donors (Lipinski definition) is 0. The van der Waals surface area contributed by atoms with Gasteiger partial charge in [-0.25, -0.2) is 13.1 Å². The molecular weight excluding hydrogens is 324 g/mol. The summed E-state index contributed by atoms with van der Waals surface area (Å²) in [6.45, 7) is 27.2. The number of thioether (sulfide) groups is 1. The summed E-state index contributed by atoms with van der Waals surface area (Å²) in [7, 11) is 0. The van der Waals surface area contributed by atoms with Crippen molar-refractivity contribution < 1.29 is 0 Å². The van der Waals surface area contributed by atoms with Crippen LogP contribution in [0.25, 0.3) is 9.69 Å². The number of rotatable bonds is 14. The summed E-state index contributed by atoms with van der Waals surface area (Å²) in [6, 6.07) is 0. The molecule has 0 aromatic rings. The van der Waals surface area contributed by atoms with Gasteiger partial charge in [0.25, 0.3) is 0 Å². The van der Waals surface area contributed by atoms with Gasteiger partial charge in [-0.2, -0.15) is 11.8 Å². The fraction of sp³-hybridized carbons (Fsp3) is 0.909. The smallest absolute Gasteiger partial charge is 0.227 e. The van der Waals surface area contributed by atoms with Crippen molar-refractivity contribution in [2.24, 2.45) is 11.8 Å². The van der Waals surface area contributed by atoms with E-state index >= 15 is 0 Å². The first-order chi connectivity index (χ1) is 11.6. The van der Waals surface area contributed by atoms with Crippen LogP contribution >= 0.6 is 11.8 Å². The summed E-state index contributed by atoms with van der Waals surface area (Å²) < 4.78 is 0. The molecule has 0 aliphatic carbocycles. The normalized spacial score (nSPS) is 14.6. The predicted molar refractivity (Wildman–Crippen MR) is 114 cm³/mol. The molecule has 0 heterocycles. The fourth-order valence-electron chi connectivity index (χ4n) is 2.84. The van der Waals surface area contributed by atoms with Crippen LogP contribution in [-0.4, -0.2) is 22.6 Å². The fourth-order valence-corrected chi connectivity index (χ4v) is 4.18. The van der Waals surface area contributed by atoms with Gasteiger partial charge in [-0.05, 0) is 49.0 Å². The molecule has 0 saturated heterocycles. The third-order valence-electron chi connectivity index (χ3n) is 5.09. The molecule has 0 saturated carbocycles. The second kappa shape index (κ2) is 12.6. The van der Waals surface area contributed by atoms with Crippen LogP contribution in [0, 0.1) is 25.0 Å². The van der Waals surface area contributed by atoms with E-state index in [0.29, 0.717) is 0 Å². The average molecular weight is 365 g/mol. The van der Waals surface area contributed by atoms with Crippen LogP contribution in [0.15, 0.2) is 0 Å². The maximum Gasteiger partial charge on any atom is 0.227 e. The molecule has 2 nitrogen and oxygen atoms in total. The highest BCUT2D eigenvalue weighted by molar-refractivity contribution is 7.99. The maximum absolute atomic E-state index is 7.17. The summed E-state index contributed by atoms with van der Waals surface area (Å²) in [4.78, 5) is 7.38. The number of nitrogens with zero attached hydrogens (tertiary/aromatic N) is 2. The summed E-state index contributed by atoms with van der Waals surface area (Å²) in [6.07, 6.45) is 9.52. The molecule has 0 rings (SSSR count). The van der Waals surface area contributed by atoms with Crippen LogP contribution in [0.4, 0.5) is 0 Å². The average Bonchev–Trinajstić information content (AvgIpc) is 2.54. The van der Waals surface area contributed by atoms with Gasteiger partial charge in [0.2, 0.25) is 11.1 Å². The Hall–Kier alpha value is -0.670. The van der Waals surface area contributed by atoms with Crippen molar-refractivity contribution >= 4 is 11.8 Å². The van der Waals surface area contributed by atoms with Gasteiger partial charge >= 0.3 is 0 Å². The van der Waals surface area contributed by atoms with Crippen molar-refractivity contribution in [2.75, 3.05) is 11.5 Å². The molecule has 0 aliphatic rings. The van der Waals surface area contributed by atoms with E-state index in [-0.39, 0.29) is 11.1 Å². The zero-order valence-electron chi connectivity index (χ0n) is 17.5. The van der Waals surface area contributed by atoms with Crippen LogP contribution < -0.4 is 0 Å². The molecule has 3 heteroatoms. The molecule has 2 unspecified atom stereocenters. The third-order valence-corrected chi connectivity index (χ3v) is 6.14. The molecule has 0 aromatic carbocycles. The maximum atomic E-state index is 7.17. The van der Waals surface area contributed by atoms with Crippen LogP contribution in [0.1, 0.15) is 92.9 Å². The van der Waals surface area contributed by atoms with E-state index in [4.69, 9.17) is 13.1 Å². The zero-order chi connectivity index (χ0) is 19.3. The second-order valence-electron chi connectivity index (χ2n) is 9.03. The number of hydrogen-bond acceptors (Lipinski definition) is 1. The SMILES string of the molecule is [C-]#[N+]C(C)(C)CCCC(C)CCSCCC(C)CCCC(C)(C)[N+]#[C-]. The van der Waals surface area contributed by atoms with Gasteiger partial charge in [0, 0.05) is 40.5 Å². The van der Waals surface area contributed by atoms with Crippen molar-refractivity contribution in [2.45, 2.75) is 104 Å². The molecule has 0 aromatic heterocycles. The Labute approximate surface area is 162 Å². The molecule has 0 fully saturated rings. The summed E-state index contributed by atoms with van der Waals surface area (Å²) in [5.74, 6) is 4.10. The second-order valence-corrected chi connectivity index (χ2v) is 10.3. The minimum absolute atomic E-state index is 0.172. The Kier molecular flexibility index (Phi) is 12.3. The van der Waals surface area contributed by atoms with E-state index in [2.05, 4.69) is 35.3 Å². The first-order valence-corrected chi connectivity index (χ1v) is 11.1. The quantitative estimate of drug-likeness (QED) is 0.229. The van der Waals surface area contributed by atoms with Crippen molar-refractivity contribution in [1.29, 1.82) is 0 Å². The van der Waals surface area contributed by atoms with Gasteiger partial charge in [0.1, 0.15) is 0 Å². The molecule has 0 spiro atoms. The highest BCUT2D eigenvalue weighted by atomic mass is 32.2. The summed E-state index contributed by atoms with van der Waals surface area (Å²) in [5.41, 5.74) is -0.344. The van der Waals surface area contributed by atoms with Crippen LogP contribution in [0.3, 0.4) is 0 Å². The topological polar surface area (TPSA) is 8.72 Å². The Bertz CT molecular complexity index is 388. The van der Waals surface area contributed by atoms with Crippen molar-refractivity contribution in [1.82, 2.24) is 0 Å². The van der Waals surface area contributed by atoms with E-state index in [0.717, 1.165) is 24.7 Å². The van der Waals surface area contributed by atoms with E-state index in [1.165, 1.54) is 50.0 Å². The molecule has 144 valence electrons. The van der Waals surface area contributed by atoms with E-state index in [1.807, 2.05) is 27.7 Å². The van der Waals surface area contributed by atoms with E-state index in [9.17, 15) is 0 Å². The first-order valence-electron chi connectivity index (χ1n) is 9.97. The summed E-state index contributed by atoms with van der Waals surface area (Å²) in [5, 5.41) is 0. The lowest BCUT2D eigenvalue weighted by atomic mass is 9.94. The Morgan fingerprint density at radius 1 is 0.720 bits per heavy atom. The monoisotopic (exact) mass is 364 g/mol. The van der Waals surface area contributed by atoms with Gasteiger partial charge in [-0.3, -0.25) is 0 Å². The summed E-state index contributed by atoms with van der Waals surface area (Å²) >= 11 is 2.10. The van der Waals surface area contributed by atoms with Gasteiger partial charge in [-0.15, -0.1) is 0 Å². The lowest BCUT2D eigenvalue weighted by Gasteiger charge is -2.15. The lowest BCUT2D eigenvalue weighted by Crippen LogP contribution is -2.14. The lowest BCUT2D eigenvalue weighted by molar-refractivity contribution is 0.441. The molecule has 2 atom stereocenters.